The van der Waals surface area contributed by atoms with E-state index in [1.54, 1.807) is 0 Å². The van der Waals surface area contributed by atoms with Gasteiger partial charge in [0.15, 0.2) is 5.03 Å². The van der Waals surface area contributed by atoms with E-state index >= 15 is 0 Å². The molecule has 1 aromatic rings. The van der Waals surface area contributed by atoms with Gasteiger partial charge in [-0.25, -0.2) is 8.42 Å². The third-order valence-corrected chi connectivity index (χ3v) is 5.82. The first-order chi connectivity index (χ1) is 10.1. The Morgan fingerprint density at radius 2 is 2.19 bits per heavy atom. The molecule has 0 aromatic carbocycles. The number of hydrogen-bond acceptors (Lipinski definition) is 5. The summed E-state index contributed by atoms with van der Waals surface area (Å²) < 4.78 is 32.4. The molecule has 0 atom stereocenters. The van der Waals surface area contributed by atoms with Crippen LogP contribution in [0.4, 0.5) is 0 Å². The second-order valence-corrected chi connectivity index (χ2v) is 7.51. The molecule has 3 rings (SSSR count). The summed E-state index contributed by atoms with van der Waals surface area (Å²) >= 11 is 0. The topological polar surface area (TPSA) is 87.3 Å². The highest BCUT2D eigenvalue weighted by Gasteiger charge is 2.31. The van der Waals surface area contributed by atoms with Gasteiger partial charge in [-0.05, 0) is 26.2 Å². The molecule has 2 aliphatic rings. The lowest BCUT2D eigenvalue weighted by molar-refractivity contribution is 0.148. The zero-order valence-electron chi connectivity index (χ0n) is 12.3. The van der Waals surface area contributed by atoms with Crippen LogP contribution in [0.15, 0.2) is 5.03 Å². The van der Waals surface area contributed by atoms with Crippen molar-refractivity contribution in [1.82, 2.24) is 19.8 Å². The van der Waals surface area contributed by atoms with Crippen LogP contribution < -0.4 is 5.32 Å². The summed E-state index contributed by atoms with van der Waals surface area (Å²) in [7, 11) is -3.55. The largest absolute Gasteiger partial charge is 0.380 e. The molecule has 8 heteroatoms. The summed E-state index contributed by atoms with van der Waals surface area (Å²) in [4.78, 5) is 0. The molecule has 1 saturated heterocycles. The van der Waals surface area contributed by atoms with E-state index < -0.39 is 10.0 Å². The molecule has 1 aliphatic carbocycles. The minimum atomic E-state index is -3.55. The molecule has 0 bridgehead atoms. The third-order valence-electron chi connectivity index (χ3n) is 3.95. The van der Waals surface area contributed by atoms with E-state index in [0.717, 1.165) is 17.7 Å². The Bertz CT molecular complexity index is 587. The van der Waals surface area contributed by atoms with E-state index in [9.17, 15) is 8.42 Å². The van der Waals surface area contributed by atoms with E-state index in [4.69, 9.17) is 4.74 Å². The highest BCUT2D eigenvalue weighted by atomic mass is 32.2. The van der Waals surface area contributed by atoms with Gasteiger partial charge in [0.05, 0.1) is 6.61 Å². The van der Waals surface area contributed by atoms with Gasteiger partial charge in [-0.15, -0.1) is 0 Å². The van der Waals surface area contributed by atoms with Crippen molar-refractivity contribution in [2.24, 2.45) is 0 Å². The van der Waals surface area contributed by atoms with Gasteiger partial charge in [0.25, 0.3) is 10.0 Å². The maximum atomic E-state index is 12.8. The third kappa shape index (κ3) is 3.28. The number of H-pyrrole nitrogens is 1. The minimum absolute atomic E-state index is 0.162. The number of nitrogens with one attached hydrogen (secondary N) is 2. The number of aromatic nitrogens is 2. The summed E-state index contributed by atoms with van der Waals surface area (Å²) in [5.74, 6) is 0. The van der Waals surface area contributed by atoms with Crippen LogP contribution in [0.3, 0.4) is 0 Å². The predicted molar refractivity (Wildman–Crippen MR) is 77.4 cm³/mol. The van der Waals surface area contributed by atoms with E-state index in [1.165, 1.54) is 17.1 Å². The van der Waals surface area contributed by atoms with Gasteiger partial charge in [-0.2, -0.15) is 9.40 Å². The van der Waals surface area contributed by atoms with E-state index in [2.05, 4.69) is 15.5 Å². The number of rotatable bonds is 5. The van der Waals surface area contributed by atoms with E-state index in [1.807, 2.05) is 6.92 Å². The van der Waals surface area contributed by atoms with Crippen molar-refractivity contribution < 1.29 is 13.2 Å². The average molecular weight is 314 g/mol. The molecule has 0 amide bonds. The molecule has 2 heterocycles. The van der Waals surface area contributed by atoms with E-state index in [-0.39, 0.29) is 5.03 Å². The smallest absolute Gasteiger partial charge is 0.262 e. The van der Waals surface area contributed by atoms with Crippen molar-refractivity contribution in [3.63, 3.8) is 0 Å². The number of sulfonamides is 1. The van der Waals surface area contributed by atoms with Crippen LogP contribution in [-0.2, 0) is 21.3 Å². The van der Waals surface area contributed by atoms with Crippen LogP contribution in [0.25, 0.3) is 0 Å². The number of aromatic amines is 1. The molecule has 1 aliphatic heterocycles. The van der Waals surface area contributed by atoms with Gasteiger partial charge in [0.1, 0.15) is 0 Å². The Morgan fingerprint density at radius 3 is 2.95 bits per heavy atom. The van der Waals surface area contributed by atoms with E-state index in [0.29, 0.717) is 38.9 Å². The fraction of sp³-hybridized carbons (Fsp3) is 0.769. The SMILES string of the molecule is Cc1[nH]nc(S(=O)(=O)N2CCCOCC2)c1CNC1CC1. The summed E-state index contributed by atoms with van der Waals surface area (Å²) in [6.45, 7) is 4.35. The molecular formula is C13H22N4O3S. The molecule has 1 saturated carbocycles. The lowest BCUT2D eigenvalue weighted by Gasteiger charge is -2.18. The normalized spacial score (nSPS) is 21.4. The Balaban J connectivity index is 1.83. The summed E-state index contributed by atoms with van der Waals surface area (Å²) in [6, 6.07) is 0.529. The molecule has 2 N–H and O–H groups in total. The van der Waals surface area contributed by atoms with Crippen molar-refractivity contribution in [1.29, 1.82) is 0 Å². The summed E-state index contributed by atoms with van der Waals surface area (Å²) in [6.07, 6.45) is 3.06. The average Bonchev–Trinajstić information content (AvgIpc) is 3.24. The standard InChI is InChI=1S/C13H22N4O3S/c1-10-12(9-14-11-3-4-11)13(16-15-10)21(18,19)17-5-2-7-20-8-6-17/h11,14H,2-9H2,1H3,(H,15,16). The Kier molecular flexibility index (Phi) is 4.30. The van der Waals surface area contributed by atoms with Gasteiger partial charge in [-0.3, -0.25) is 5.10 Å². The Hall–Kier alpha value is -0.960. The van der Waals surface area contributed by atoms with Crippen LogP contribution in [0, 0.1) is 6.92 Å². The molecule has 0 radical (unpaired) electrons. The molecule has 2 fully saturated rings. The van der Waals surface area contributed by atoms with Crippen molar-refractivity contribution in [2.45, 2.75) is 43.8 Å². The van der Waals surface area contributed by atoms with Crippen LogP contribution >= 0.6 is 0 Å². The quantitative estimate of drug-likeness (QED) is 0.820. The number of hydrogen-bond donors (Lipinski definition) is 2. The fourth-order valence-corrected chi connectivity index (χ4v) is 4.10. The molecule has 7 nitrogen and oxygen atoms in total. The van der Waals surface area contributed by atoms with Gasteiger partial charge < -0.3 is 10.1 Å². The highest BCUT2D eigenvalue weighted by Crippen LogP contribution is 2.24. The van der Waals surface area contributed by atoms with Gasteiger partial charge in [-0.1, -0.05) is 0 Å². The van der Waals surface area contributed by atoms with Crippen LogP contribution in [0.2, 0.25) is 0 Å². The Morgan fingerprint density at radius 1 is 1.38 bits per heavy atom. The number of aryl methyl sites for hydroxylation is 1. The molecule has 0 spiro atoms. The van der Waals surface area contributed by atoms with Gasteiger partial charge in [0.2, 0.25) is 0 Å². The number of ether oxygens (including phenoxy) is 1. The first-order valence-electron chi connectivity index (χ1n) is 7.44. The zero-order valence-corrected chi connectivity index (χ0v) is 13.1. The molecular weight excluding hydrogens is 292 g/mol. The van der Waals surface area contributed by atoms with Gasteiger partial charge >= 0.3 is 0 Å². The monoisotopic (exact) mass is 314 g/mol. The van der Waals surface area contributed by atoms with Crippen molar-refractivity contribution in [3.8, 4) is 0 Å². The molecule has 0 unspecified atom stereocenters. The first kappa shape index (κ1) is 15.0. The maximum Gasteiger partial charge on any atom is 0.262 e. The summed E-state index contributed by atoms with van der Waals surface area (Å²) in [5, 5.41) is 10.4. The lowest BCUT2D eigenvalue weighted by Crippen LogP contribution is -2.34. The minimum Gasteiger partial charge on any atom is -0.380 e. The van der Waals surface area contributed by atoms with Crippen LogP contribution in [-0.4, -0.2) is 55.3 Å². The first-order valence-corrected chi connectivity index (χ1v) is 8.88. The Labute approximate surface area is 125 Å². The van der Waals surface area contributed by atoms with Crippen molar-refractivity contribution in [2.75, 3.05) is 26.3 Å². The number of nitrogens with zero attached hydrogens (tertiary/aromatic N) is 2. The second-order valence-electron chi connectivity index (χ2n) is 5.66. The predicted octanol–water partition coefficient (Wildman–Crippen LogP) is 0.381. The maximum absolute atomic E-state index is 12.8. The van der Waals surface area contributed by atoms with Crippen molar-refractivity contribution >= 4 is 10.0 Å². The van der Waals surface area contributed by atoms with Gasteiger partial charge in [0, 0.05) is 43.5 Å². The highest BCUT2D eigenvalue weighted by molar-refractivity contribution is 7.89. The summed E-state index contributed by atoms with van der Waals surface area (Å²) in [5.41, 5.74) is 1.57. The lowest BCUT2D eigenvalue weighted by atomic mass is 10.2. The van der Waals surface area contributed by atoms with Crippen molar-refractivity contribution in [3.05, 3.63) is 11.3 Å². The molecule has 118 valence electrons. The molecule has 1 aromatic heterocycles. The van der Waals surface area contributed by atoms with Crippen LogP contribution in [0.1, 0.15) is 30.5 Å². The fourth-order valence-electron chi connectivity index (χ4n) is 2.47. The zero-order chi connectivity index (χ0) is 14.9. The molecule has 21 heavy (non-hydrogen) atoms. The van der Waals surface area contributed by atoms with Crippen LogP contribution in [0.5, 0.6) is 0 Å². The second kappa shape index (κ2) is 6.04.